The maximum atomic E-state index is 11.9. The van der Waals surface area contributed by atoms with Crippen LogP contribution in [0.2, 0.25) is 0 Å². The molecular weight excluding hydrogens is 366 g/mol. The molecule has 28 heavy (non-hydrogen) atoms. The standard InChI is InChI=1S/C19H33N3O6/c1-8-9-10-13-26-14(23)11-12-20-15(21-16(24)27-18(2,3)4)22-17(25)28-19(5,6)7/h8H,1,9-13H2,2-7H3,(H2,20,21,22,24,25). The molecule has 0 aliphatic heterocycles. The van der Waals surface area contributed by atoms with Crippen molar-refractivity contribution in [3.05, 3.63) is 12.7 Å². The van der Waals surface area contributed by atoms with Gasteiger partial charge in [-0.15, -0.1) is 11.6 Å². The van der Waals surface area contributed by atoms with Gasteiger partial charge >= 0.3 is 18.2 Å². The van der Waals surface area contributed by atoms with E-state index in [9.17, 15) is 14.4 Å². The lowest BCUT2D eigenvalue weighted by atomic mass is 10.2. The SMILES string of the molecule is C=CCCCOC(=O)CCN/C(=N\C(=O)OC(C)(C)C)NC(=O)OC(C)(C)C. The van der Waals surface area contributed by atoms with E-state index in [4.69, 9.17) is 14.2 Å². The zero-order valence-corrected chi connectivity index (χ0v) is 17.7. The molecule has 0 bridgehead atoms. The van der Waals surface area contributed by atoms with Crippen LogP contribution in [0, 0.1) is 0 Å². The van der Waals surface area contributed by atoms with E-state index >= 15 is 0 Å². The average Bonchev–Trinajstić information content (AvgIpc) is 2.47. The third-order valence-electron chi connectivity index (χ3n) is 2.65. The molecule has 2 amide bonds. The zero-order valence-electron chi connectivity index (χ0n) is 17.7. The van der Waals surface area contributed by atoms with Crippen molar-refractivity contribution >= 4 is 24.1 Å². The summed E-state index contributed by atoms with van der Waals surface area (Å²) in [4.78, 5) is 39.2. The minimum absolute atomic E-state index is 0.0252. The number of aliphatic imine (C=N–C) groups is 1. The Hall–Kier alpha value is -2.58. The Morgan fingerprint density at radius 2 is 1.64 bits per heavy atom. The largest absolute Gasteiger partial charge is 0.466 e. The minimum Gasteiger partial charge on any atom is -0.466 e. The maximum absolute atomic E-state index is 11.9. The van der Waals surface area contributed by atoms with Gasteiger partial charge in [-0.05, 0) is 54.4 Å². The van der Waals surface area contributed by atoms with Gasteiger partial charge in [0.2, 0.25) is 5.96 Å². The molecule has 0 spiro atoms. The first kappa shape index (κ1) is 25.4. The highest BCUT2D eigenvalue weighted by molar-refractivity contribution is 5.99. The quantitative estimate of drug-likeness (QED) is 0.168. The number of unbranched alkanes of at least 4 members (excludes halogenated alkanes) is 1. The molecule has 9 heteroatoms. The van der Waals surface area contributed by atoms with E-state index < -0.39 is 29.4 Å². The third-order valence-corrected chi connectivity index (χ3v) is 2.65. The van der Waals surface area contributed by atoms with Gasteiger partial charge in [-0.1, -0.05) is 6.08 Å². The number of carbonyl (C=O) groups is 3. The number of ether oxygens (including phenoxy) is 3. The highest BCUT2D eigenvalue weighted by Crippen LogP contribution is 2.08. The summed E-state index contributed by atoms with van der Waals surface area (Å²) in [5, 5.41) is 5.04. The Labute approximate surface area is 166 Å². The molecule has 0 heterocycles. The molecule has 0 unspecified atom stereocenters. The van der Waals surface area contributed by atoms with Crippen LogP contribution in [-0.4, -0.2) is 48.5 Å². The number of carbonyl (C=O) groups excluding carboxylic acids is 3. The summed E-state index contributed by atoms with van der Waals surface area (Å²) < 4.78 is 15.3. The number of rotatable bonds is 7. The van der Waals surface area contributed by atoms with Gasteiger partial charge in [0, 0.05) is 6.54 Å². The zero-order chi connectivity index (χ0) is 21.8. The van der Waals surface area contributed by atoms with E-state index in [2.05, 4.69) is 22.2 Å². The summed E-state index contributed by atoms with van der Waals surface area (Å²) in [7, 11) is 0. The molecule has 0 aromatic carbocycles. The summed E-state index contributed by atoms with van der Waals surface area (Å²) in [6.07, 6.45) is 1.55. The molecule has 0 radical (unpaired) electrons. The van der Waals surface area contributed by atoms with Crippen molar-refractivity contribution in [2.24, 2.45) is 4.99 Å². The van der Waals surface area contributed by atoms with E-state index in [1.54, 1.807) is 47.6 Å². The monoisotopic (exact) mass is 399 g/mol. The van der Waals surface area contributed by atoms with Crippen molar-refractivity contribution in [3.63, 3.8) is 0 Å². The number of guanidine groups is 1. The normalized spacial score (nSPS) is 12.0. The smallest absolute Gasteiger partial charge is 0.437 e. The van der Waals surface area contributed by atoms with Crippen LogP contribution in [0.3, 0.4) is 0 Å². The number of amides is 2. The van der Waals surface area contributed by atoms with Gasteiger partial charge in [-0.2, -0.15) is 0 Å². The van der Waals surface area contributed by atoms with Gasteiger partial charge < -0.3 is 19.5 Å². The molecule has 9 nitrogen and oxygen atoms in total. The van der Waals surface area contributed by atoms with Crippen LogP contribution in [0.5, 0.6) is 0 Å². The van der Waals surface area contributed by atoms with Crippen LogP contribution in [0.15, 0.2) is 17.6 Å². The Balaban J connectivity index is 4.76. The van der Waals surface area contributed by atoms with Gasteiger partial charge in [0.05, 0.1) is 13.0 Å². The summed E-state index contributed by atoms with van der Waals surface area (Å²) in [5.41, 5.74) is -1.47. The lowest BCUT2D eigenvalue weighted by Gasteiger charge is -2.21. The topological polar surface area (TPSA) is 115 Å². The molecule has 160 valence electrons. The minimum atomic E-state index is -0.891. The molecule has 0 rings (SSSR count). The molecule has 0 saturated heterocycles. The second kappa shape index (κ2) is 12.0. The van der Waals surface area contributed by atoms with Crippen molar-refractivity contribution in [1.29, 1.82) is 0 Å². The van der Waals surface area contributed by atoms with E-state index in [0.717, 1.165) is 6.42 Å². The first-order valence-corrected chi connectivity index (χ1v) is 9.14. The molecule has 0 saturated carbocycles. The van der Waals surface area contributed by atoms with Crippen molar-refractivity contribution < 1.29 is 28.6 Å². The van der Waals surface area contributed by atoms with E-state index in [0.29, 0.717) is 13.0 Å². The van der Waals surface area contributed by atoms with Gasteiger partial charge in [-0.3, -0.25) is 10.1 Å². The summed E-state index contributed by atoms with van der Waals surface area (Å²) in [6, 6.07) is 0. The van der Waals surface area contributed by atoms with Crippen LogP contribution in [0.25, 0.3) is 0 Å². The molecular formula is C19H33N3O6. The Kier molecular flexibility index (Phi) is 10.9. The number of esters is 1. The Morgan fingerprint density at radius 1 is 1.04 bits per heavy atom. The highest BCUT2D eigenvalue weighted by atomic mass is 16.6. The Morgan fingerprint density at radius 3 is 2.18 bits per heavy atom. The molecule has 2 N–H and O–H groups in total. The fourth-order valence-electron chi connectivity index (χ4n) is 1.66. The number of nitrogens with one attached hydrogen (secondary N) is 2. The summed E-state index contributed by atoms with van der Waals surface area (Å²) >= 11 is 0. The van der Waals surface area contributed by atoms with Crippen LogP contribution in [0.1, 0.15) is 60.8 Å². The first-order chi connectivity index (χ1) is 12.8. The number of allylic oxidation sites excluding steroid dienone is 1. The van der Waals surface area contributed by atoms with Crippen LogP contribution in [-0.2, 0) is 19.0 Å². The highest BCUT2D eigenvalue weighted by Gasteiger charge is 2.20. The number of nitrogens with zero attached hydrogens (tertiary/aromatic N) is 1. The Bertz CT molecular complexity index is 573. The molecule has 0 aliphatic rings. The number of hydrogen-bond acceptors (Lipinski definition) is 6. The van der Waals surface area contributed by atoms with Gasteiger partial charge in [0.1, 0.15) is 11.2 Å². The fourth-order valence-corrected chi connectivity index (χ4v) is 1.66. The van der Waals surface area contributed by atoms with Crippen molar-refractivity contribution in [1.82, 2.24) is 10.6 Å². The van der Waals surface area contributed by atoms with Crippen LogP contribution >= 0.6 is 0 Å². The lowest BCUT2D eigenvalue weighted by Crippen LogP contribution is -2.44. The van der Waals surface area contributed by atoms with E-state index in [-0.39, 0.29) is 18.9 Å². The summed E-state index contributed by atoms with van der Waals surface area (Å²) in [6.45, 7) is 14.2. The molecule has 0 aromatic heterocycles. The number of hydrogen-bond donors (Lipinski definition) is 2. The predicted molar refractivity (Wildman–Crippen MR) is 106 cm³/mol. The molecule has 0 atom stereocenters. The third kappa shape index (κ3) is 15.7. The maximum Gasteiger partial charge on any atom is 0.437 e. The second-order valence-electron chi connectivity index (χ2n) is 7.90. The van der Waals surface area contributed by atoms with Gasteiger partial charge in [0.15, 0.2) is 0 Å². The van der Waals surface area contributed by atoms with Crippen LogP contribution < -0.4 is 10.6 Å². The second-order valence-corrected chi connectivity index (χ2v) is 7.90. The fraction of sp³-hybridized carbons (Fsp3) is 0.684. The molecule has 0 aromatic rings. The average molecular weight is 399 g/mol. The first-order valence-electron chi connectivity index (χ1n) is 9.14. The van der Waals surface area contributed by atoms with Crippen molar-refractivity contribution in [3.8, 4) is 0 Å². The van der Waals surface area contributed by atoms with E-state index in [1.807, 2.05) is 0 Å². The van der Waals surface area contributed by atoms with Gasteiger partial charge in [0.25, 0.3) is 0 Å². The van der Waals surface area contributed by atoms with E-state index in [1.165, 1.54) is 0 Å². The predicted octanol–water partition coefficient (Wildman–Crippen LogP) is 3.29. The lowest BCUT2D eigenvalue weighted by molar-refractivity contribution is -0.143. The molecule has 0 aliphatic carbocycles. The van der Waals surface area contributed by atoms with Crippen LogP contribution in [0.4, 0.5) is 9.59 Å². The number of alkyl carbamates (subject to hydrolysis) is 1. The van der Waals surface area contributed by atoms with Gasteiger partial charge in [-0.25, -0.2) is 9.59 Å². The molecule has 0 fully saturated rings. The van der Waals surface area contributed by atoms with Crippen molar-refractivity contribution in [2.45, 2.75) is 72.0 Å². The summed E-state index contributed by atoms with van der Waals surface area (Å²) in [5.74, 6) is -0.589. The van der Waals surface area contributed by atoms with Crippen molar-refractivity contribution in [2.75, 3.05) is 13.2 Å².